The van der Waals surface area contributed by atoms with E-state index in [-0.39, 0.29) is 17.6 Å². The van der Waals surface area contributed by atoms with Crippen LogP contribution >= 0.6 is 0 Å². The maximum atomic E-state index is 13.4. The number of aromatic nitrogens is 3. The van der Waals surface area contributed by atoms with Crippen LogP contribution in [0.25, 0.3) is 5.69 Å². The maximum absolute atomic E-state index is 13.4. The van der Waals surface area contributed by atoms with Crippen molar-refractivity contribution in [3.8, 4) is 5.69 Å². The highest BCUT2D eigenvalue weighted by Crippen LogP contribution is 2.50. The number of carbonyl (C=O) groups is 2. The fourth-order valence-corrected chi connectivity index (χ4v) is 5.47. The minimum atomic E-state index is -0.538. The molecule has 1 N–H and O–H groups in total. The molecule has 0 spiro atoms. The molecule has 1 aliphatic heterocycles. The van der Waals surface area contributed by atoms with E-state index in [2.05, 4.69) is 27.6 Å². The quantitative estimate of drug-likeness (QED) is 0.377. The highest BCUT2D eigenvalue weighted by Gasteiger charge is 2.37. The molecular formula is C30H37FN6O2. The molecule has 2 aromatic carbocycles. The van der Waals surface area contributed by atoms with Gasteiger partial charge < -0.3 is 15.1 Å². The number of halogens is 1. The van der Waals surface area contributed by atoms with Crippen LogP contribution in [0.15, 0.2) is 60.9 Å². The minimum Gasteiger partial charge on any atom is -0.340 e. The number of hydrogen-bond acceptors (Lipinski definition) is 5. The number of unbranched alkanes of at least 4 members (excludes halogenated alkanes) is 2. The van der Waals surface area contributed by atoms with Gasteiger partial charge in [-0.3, -0.25) is 9.59 Å². The van der Waals surface area contributed by atoms with Gasteiger partial charge in [-0.1, -0.05) is 36.6 Å². The third-order valence-electron chi connectivity index (χ3n) is 8.02. The topological polar surface area (TPSA) is 83.4 Å². The van der Waals surface area contributed by atoms with Crippen LogP contribution in [0.5, 0.6) is 0 Å². The first-order chi connectivity index (χ1) is 19.0. The predicted molar refractivity (Wildman–Crippen MR) is 147 cm³/mol. The van der Waals surface area contributed by atoms with Gasteiger partial charge in [-0.25, -0.2) is 9.07 Å². The summed E-state index contributed by atoms with van der Waals surface area (Å²) in [5.41, 5.74) is 2.55. The molecule has 206 valence electrons. The highest BCUT2D eigenvalue weighted by molar-refractivity contribution is 5.97. The summed E-state index contributed by atoms with van der Waals surface area (Å²) in [6.07, 6.45) is 9.27. The zero-order valence-electron chi connectivity index (χ0n) is 22.5. The van der Waals surface area contributed by atoms with E-state index in [9.17, 15) is 14.0 Å². The summed E-state index contributed by atoms with van der Waals surface area (Å²) in [5.74, 6) is 0.792. The summed E-state index contributed by atoms with van der Waals surface area (Å²) >= 11 is 0. The molecule has 0 unspecified atom stereocenters. The number of nitrogens with one attached hydrogen (secondary N) is 1. The average molecular weight is 533 g/mol. The lowest BCUT2D eigenvalue weighted by Crippen LogP contribution is -2.54. The van der Waals surface area contributed by atoms with Crippen molar-refractivity contribution in [2.75, 3.05) is 33.2 Å². The molecule has 1 saturated carbocycles. The van der Waals surface area contributed by atoms with Crippen molar-refractivity contribution in [2.45, 2.75) is 50.5 Å². The van der Waals surface area contributed by atoms with Crippen molar-refractivity contribution in [3.05, 3.63) is 77.9 Å². The van der Waals surface area contributed by atoms with Gasteiger partial charge in [-0.05, 0) is 80.1 Å². The van der Waals surface area contributed by atoms with Crippen LogP contribution in [0.1, 0.15) is 60.4 Å². The van der Waals surface area contributed by atoms with Crippen molar-refractivity contribution in [3.63, 3.8) is 0 Å². The molecule has 5 rings (SSSR count). The third kappa shape index (κ3) is 7.09. The molecule has 1 aromatic heterocycles. The second-order valence-corrected chi connectivity index (χ2v) is 10.8. The molecule has 8 nitrogen and oxygen atoms in total. The maximum Gasteiger partial charge on any atom is 0.251 e. The number of likely N-dealkylation sites (N-methyl/N-ethyl adjacent to an activating group) is 1. The molecule has 2 fully saturated rings. The van der Waals surface area contributed by atoms with E-state index >= 15 is 0 Å². The number of piperazine rings is 1. The Hall–Kier alpha value is -3.59. The van der Waals surface area contributed by atoms with Crippen molar-refractivity contribution < 1.29 is 14.0 Å². The van der Waals surface area contributed by atoms with E-state index in [0.29, 0.717) is 36.9 Å². The lowest BCUT2D eigenvalue weighted by atomic mass is 10.0. The number of carbonyl (C=O) groups excluding carboxylic acids is 2. The molecule has 0 radical (unpaired) electrons. The molecule has 2 amide bonds. The Balaban J connectivity index is 1.13. The normalized spacial score (nSPS) is 20.0. The van der Waals surface area contributed by atoms with Gasteiger partial charge >= 0.3 is 0 Å². The summed E-state index contributed by atoms with van der Waals surface area (Å²) in [6, 6.07) is 13.5. The number of benzene rings is 2. The van der Waals surface area contributed by atoms with E-state index in [1.165, 1.54) is 12.0 Å². The zero-order chi connectivity index (χ0) is 27.2. The SMILES string of the molecule is CN1CCN(C(=O)[C@H](CCCCC[C@@H]2C[C@H]2c2ccc(F)cc2)NC(=O)c2ccc(-n3ccnn3)cc2)CC1. The van der Waals surface area contributed by atoms with Gasteiger partial charge in [0.15, 0.2) is 0 Å². The Morgan fingerprint density at radius 2 is 1.74 bits per heavy atom. The third-order valence-corrected chi connectivity index (χ3v) is 8.02. The molecule has 39 heavy (non-hydrogen) atoms. The Bertz CT molecular complexity index is 1220. The summed E-state index contributed by atoms with van der Waals surface area (Å²) in [6.45, 7) is 3.04. The monoisotopic (exact) mass is 532 g/mol. The van der Waals surface area contributed by atoms with Gasteiger partial charge in [-0.2, -0.15) is 0 Å². The smallest absolute Gasteiger partial charge is 0.251 e. The molecular weight excluding hydrogens is 495 g/mol. The van der Waals surface area contributed by atoms with Crippen molar-refractivity contribution in [1.29, 1.82) is 0 Å². The number of rotatable bonds is 11. The summed E-state index contributed by atoms with van der Waals surface area (Å²) in [7, 11) is 2.06. The molecule has 9 heteroatoms. The summed E-state index contributed by atoms with van der Waals surface area (Å²) in [5, 5.41) is 10.8. The van der Waals surface area contributed by atoms with Gasteiger partial charge in [-0.15, -0.1) is 5.10 Å². The van der Waals surface area contributed by atoms with Crippen LogP contribution < -0.4 is 5.32 Å². The summed E-state index contributed by atoms with van der Waals surface area (Å²) in [4.78, 5) is 30.7. The van der Waals surface area contributed by atoms with E-state index < -0.39 is 6.04 Å². The van der Waals surface area contributed by atoms with Crippen LogP contribution in [0.4, 0.5) is 4.39 Å². The summed E-state index contributed by atoms with van der Waals surface area (Å²) < 4.78 is 14.8. The number of hydrogen-bond donors (Lipinski definition) is 1. The van der Waals surface area contributed by atoms with Crippen molar-refractivity contribution in [1.82, 2.24) is 30.1 Å². The molecule has 1 saturated heterocycles. The van der Waals surface area contributed by atoms with E-state index in [1.54, 1.807) is 41.3 Å². The van der Waals surface area contributed by atoms with Gasteiger partial charge in [0.05, 0.1) is 18.1 Å². The first-order valence-corrected chi connectivity index (χ1v) is 14.0. The van der Waals surface area contributed by atoms with Gasteiger partial charge in [0.25, 0.3) is 5.91 Å². The molecule has 0 bridgehead atoms. The van der Waals surface area contributed by atoms with Gasteiger partial charge in [0.2, 0.25) is 5.91 Å². The van der Waals surface area contributed by atoms with Crippen LogP contribution in [0.3, 0.4) is 0 Å². The Kier molecular flexibility index (Phi) is 8.66. The number of amides is 2. The Morgan fingerprint density at radius 3 is 2.44 bits per heavy atom. The second kappa shape index (κ2) is 12.5. The lowest BCUT2D eigenvalue weighted by molar-refractivity contribution is -0.135. The van der Waals surface area contributed by atoms with Crippen molar-refractivity contribution >= 4 is 11.8 Å². The van der Waals surface area contributed by atoms with E-state index in [0.717, 1.165) is 44.5 Å². The molecule has 1 aliphatic carbocycles. The number of nitrogens with zero attached hydrogens (tertiary/aromatic N) is 5. The lowest BCUT2D eigenvalue weighted by Gasteiger charge is -2.34. The van der Waals surface area contributed by atoms with Crippen LogP contribution in [0.2, 0.25) is 0 Å². The first-order valence-electron chi connectivity index (χ1n) is 14.0. The van der Waals surface area contributed by atoms with Crippen LogP contribution in [-0.4, -0.2) is 75.9 Å². The van der Waals surface area contributed by atoms with Crippen LogP contribution in [0, 0.1) is 11.7 Å². The fraction of sp³-hybridized carbons (Fsp3) is 0.467. The molecule has 3 aromatic rings. The highest BCUT2D eigenvalue weighted by atomic mass is 19.1. The van der Waals surface area contributed by atoms with Gasteiger partial charge in [0, 0.05) is 31.7 Å². The van der Waals surface area contributed by atoms with E-state index in [4.69, 9.17) is 0 Å². The average Bonchev–Trinajstić information content (AvgIpc) is 3.51. The molecule has 2 aliphatic rings. The standard InChI is InChI=1S/C30H37FN6O2/c1-35-17-19-36(20-18-35)30(39)28(33-29(38)23-9-13-26(14-10-23)37-16-15-32-34-37)6-4-2-3-5-24-21-27(24)22-7-11-25(31)12-8-22/h7-16,24,27-28H,2-6,17-21H2,1H3,(H,33,38)/t24-,27+,28+/m1/s1. The Labute approximate surface area is 229 Å². The van der Waals surface area contributed by atoms with Crippen molar-refractivity contribution in [2.24, 2.45) is 5.92 Å². The van der Waals surface area contributed by atoms with Crippen LogP contribution in [-0.2, 0) is 4.79 Å². The molecule has 3 atom stereocenters. The predicted octanol–water partition coefficient (Wildman–Crippen LogP) is 4.03. The second-order valence-electron chi connectivity index (χ2n) is 10.8. The van der Waals surface area contributed by atoms with Gasteiger partial charge in [0.1, 0.15) is 11.9 Å². The Morgan fingerprint density at radius 1 is 1.00 bits per heavy atom. The largest absolute Gasteiger partial charge is 0.340 e. The van der Waals surface area contributed by atoms with E-state index in [1.807, 2.05) is 29.2 Å². The zero-order valence-corrected chi connectivity index (χ0v) is 22.5. The first kappa shape index (κ1) is 27.0. The fourth-order valence-electron chi connectivity index (χ4n) is 5.47. The molecule has 2 heterocycles. The minimum absolute atomic E-state index is 0.00857.